The average Bonchev–Trinajstić information content (AvgIpc) is 3.94. The van der Waals surface area contributed by atoms with Crippen molar-refractivity contribution in [3.63, 3.8) is 0 Å². The van der Waals surface area contributed by atoms with Crippen LogP contribution in [0, 0.1) is 48.3 Å². The molecule has 2 aromatic rings. The Bertz CT molecular complexity index is 1440. The third-order valence-corrected chi connectivity index (χ3v) is 9.12. The van der Waals surface area contributed by atoms with E-state index in [2.05, 4.69) is 22.5 Å². The van der Waals surface area contributed by atoms with Crippen molar-refractivity contribution in [2.24, 2.45) is 17.8 Å². The molecular formula is C36H42FN3O4. The van der Waals surface area contributed by atoms with Crippen molar-refractivity contribution in [1.29, 1.82) is 0 Å². The molecule has 44 heavy (non-hydrogen) atoms. The maximum absolute atomic E-state index is 14.7. The van der Waals surface area contributed by atoms with Crippen LogP contribution >= 0.6 is 0 Å². The minimum atomic E-state index is -1.19. The normalized spacial score (nSPS) is 25.4. The maximum atomic E-state index is 14.7. The van der Waals surface area contributed by atoms with Gasteiger partial charge in [-0.15, -0.1) is 18.8 Å². The second kappa shape index (κ2) is 13.8. The summed E-state index contributed by atoms with van der Waals surface area (Å²) in [6, 6.07) is 12.2. The Balaban J connectivity index is 1.39. The van der Waals surface area contributed by atoms with E-state index < -0.39 is 35.9 Å². The molecule has 2 aromatic carbocycles. The number of halogens is 1. The van der Waals surface area contributed by atoms with E-state index in [0.717, 1.165) is 55.2 Å². The zero-order chi connectivity index (χ0) is 31.3. The molecule has 2 amide bonds. The van der Waals surface area contributed by atoms with Crippen LogP contribution in [0.15, 0.2) is 42.5 Å². The molecule has 0 radical (unpaired) electrons. The first-order chi connectivity index (χ1) is 21.3. The lowest BCUT2D eigenvalue weighted by molar-refractivity contribution is -0.135. The van der Waals surface area contributed by atoms with Crippen molar-refractivity contribution in [1.82, 2.24) is 15.5 Å². The van der Waals surface area contributed by atoms with Crippen molar-refractivity contribution >= 4 is 11.8 Å². The maximum Gasteiger partial charge on any atom is 0.227 e. The van der Waals surface area contributed by atoms with Crippen LogP contribution in [0.25, 0.3) is 0 Å². The molecule has 0 aromatic heterocycles. The van der Waals surface area contributed by atoms with Gasteiger partial charge >= 0.3 is 0 Å². The second-order valence-electron chi connectivity index (χ2n) is 12.4. The molecule has 2 fully saturated rings. The van der Waals surface area contributed by atoms with E-state index in [4.69, 9.17) is 17.6 Å². The van der Waals surface area contributed by atoms with Gasteiger partial charge in [0.2, 0.25) is 11.8 Å². The molecule has 8 heteroatoms. The highest BCUT2D eigenvalue weighted by molar-refractivity contribution is 5.93. The lowest BCUT2D eigenvalue weighted by Crippen LogP contribution is -2.52. The van der Waals surface area contributed by atoms with Gasteiger partial charge in [-0.2, -0.15) is 0 Å². The van der Waals surface area contributed by atoms with Crippen LogP contribution in [0.1, 0.15) is 68.6 Å². The Kier molecular flexibility index (Phi) is 9.93. The Labute approximate surface area is 259 Å². The summed E-state index contributed by atoms with van der Waals surface area (Å²) >= 11 is 0. The lowest BCUT2D eigenvalue weighted by atomic mass is 10.0. The van der Waals surface area contributed by atoms with E-state index in [9.17, 15) is 19.1 Å². The van der Waals surface area contributed by atoms with Crippen molar-refractivity contribution in [3.8, 4) is 30.4 Å². The average molecular weight is 600 g/mol. The van der Waals surface area contributed by atoms with Crippen molar-refractivity contribution in [2.75, 3.05) is 19.6 Å². The van der Waals surface area contributed by atoms with E-state index in [-0.39, 0.29) is 29.7 Å². The Morgan fingerprint density at radius 3 is 2.70 bits per heavy atom. The van der Waals surface area contributed by atoms with Gasteiger partial charge in [0.05, 0.1) is 11.8 Å². The van der Waals surface area contributed by atoms with Gasteiger partial charge < -0.3 is 25.4 Å². The van der Waals surface area contributed by atoms with E-state index in [1.54, 1.807) is 6.07 Å². The number of ether oxygens (including phenoxy) is 1. The van der Waals surface area contributed by atoms with Crippen molar-refractivity contribution in [3.05, 3.63) is 65.0 Å². The summed E-state index contributed by atoms with van der Waals surface area (Å²) in [7, 11) is 0. The van der Waals surface area contributed by atoms with Gasteiger partial charge in [0.1, 0.15) is 17.7 Å². The summed E-state index contributed by atoms with van der Waals surface area (Å²) in [5.41, 5.74) is 2.24. The quantitative estimate of drug-likeness (QED) is 0.398. The first kappa shape index (κ1) is 31.6. The van der Waals surface area contributed by atoms with E-state index >= 15 is 0 Å². The minimum absolute atomic E-state index is 0.0452. The topological polar surface area (TPSA) is 90.9 Å². The predicted molar refractivity (Wildman–Crippen MR) is 167 cm³/mol. The first-order valence-corrected chi connectivity index (χ1v) is 15.8. The molecular weight excluding hydrogens is 557 g/mol. The van der Waals surface area contributed by atoms with Gasteiger partial charge in [0.15, 0.2) is 6.23 Å². The van der Waals surface area contributed by atoms with E-state index in [0.29, 0.717) is 25.9 Å². The number of fused-ring (bicyclic) bond motifs is 3. The standard InChI is InChI=1S/C36H42FN3O4/c1-4-11-29-31-32(29)35(43)40(17-5-2)18-9-7-8-12-25-20-27(37)22-28(21-25)44-34(39-33(31)42)30(41)23-38-36(15-16-36)26-14-10-13-24(6-3)19-26/h1,3,10,13-14,19-22,29-32,34,38,41H,5,7-9,11-12,15-18,23H2,2H3,(H,39,42). The van der Waals surface area contributed by atoms with E-state index in [1.165, 1.54) is 12.1 Å². The number of aliphatic hydroxyl groups excluding tert-OH is 1. The number of nitrogens with zero attached hydrogens (tertiary/aromatic N) is 1. The molecule has 2 saturated carbocycles. The second-order valence-corrected chi connectivity index (χ2v) is 12.4. The molecule has 5 rings (SSSR count). The van der Waals surface area contributed by atoms with Crippen LogP contribution in [0.2, 0.25) is 0 Å². The Morgan fingerprint density at radius 1 is 1.16 bits per heavy atom. The molecule has 0 saturated heterocycles. The molecule has 3 aliphatic rings. The monoisotopic (exact) mass is 599 g/mol. The number of nitrogens with one attached hydrogen (secondary N) is 2. The smallest absolute Gasteiger partial charge is 0.227 e. The largest absolute Gasteiger partial charge is 0.468 e. The van der Waals surface area contributed by atoms with Crippen molar-refractivity contribution in [2.45, 2.75) is 76.2 Å². The number of hydrogen-bond acceptors (Lipinski definition) is 5. The summed E-state index contributed by atoms with van der Waals surface area (Å²) in [6.45, 7) is 3.34. The number of amides is 2. The number of carbonyl (C=O) groups is 2. The third-order valence-electron chi connectivity index (χ3n) is 9.12. The van der Waals surface area contributed by atoms with Crippen LogP contribution in [0.5, 0.6) is 5.75 Å². The van der Waals surface area contributed by atoms with Gasteiger partial charge in [-0.1, -0.05) is 31.4 Å². The molecule has 2 bridgehead atoms. The number of benzene rings is 2. The summed E-state index contributed by atoms with van der Waals surface area (Å²) in [6.07, 6.45) is 14.9. The van der Waals surface area contributed by atoms with Crippen LogP contribution in [0.4, 0.5) is 4.39 Å². The molecule has 5 atom stereocenters. The van der Waals surface area contributed by atoms with Gasteiger partial charge in [0.25, 0.3) is 0 Å². The molecule has 3 N–H and O–H groups in total. The number of terminal acetylenes is 2. The van der Waals surface area contributed by atoms with E-state index in [1.807, 2.05) is 36.1 Å². The Hall–Kier alpha value is -3.85. The number of aryl methyl sites for hydroxylation is 1. The van der Waals surface area contributed by atoms with Gasteiger partial charge in [-0.05, 0) is 79.8 Å². The summed E-state index contributed by atoms with van der Waals surface area (Å²) < 4.78 is 20.8. The van der Waals surface area contributed by atoms with Crippen molar-refractivity contribution < 1.29 is 23.8 Å². The predicted octanol–water partition coefficient (Wildman–Crippen LogP) is 4.12. The lowest BCUT2D eigenvalue weighted by Gasteiger charge is -2.28. The molecule has 232 valence electrons. The molecule has 1 aliphatic heterocycles. The fourth-order valence-electron chi connectivity index (χ4n) is 6.51. The van der Waals surface area contributed by atoms with Gasteiger partial charge in [0, 0.05) is 43.2 Å². The first-order valence-electron chi connectivity index (χ1n) is 15.8. The highest BCUT2D eigenvalue weighted by Crippen LogP contribution is 2.50. The van der Waals surface area contributed by atoms with Gasteiger partial charge in [-0.3, -0.25) is 9.59 Å². The number of rotatable bonds is 8. The molecule has 0 spiro atoms. The number of hydrogen-bond donors (Lipinski definition) is 3. The van der Waals surface area contributed by atoms with Crippen LogP contribution < -0.4 is 15.4 Å². The molecule has 7 nitrogen and oxygen atoms in total. The van der Waals surface area contributed by atoms with Gasteiger partial charge in [-0.25, -0.2) is 4.39 Å². The molecule has 5 unspecified atom stereocenters. The minimum Gasteiger partial charge on any atom is -0.468 e. The zero-order valence-corrected chi connectivity index (χ0v) is 25.4. The van der Waals surface area contributed by atoms with Crippen LogP contribution in [0.3, 0.4) is 0 Å². The highest BCUT2D eigenvalue weighted by atomic mass is 19.1. The SMILES string of the molecule is C#CCC1C2C(=O)NC(C(O)CNC3(c4cccc(C#C)c4)CC3)Oc3cc(F)cc(c3)CCCCCN(CCC)C(=O)C12. The van der Waals surface area contributed by atoms with Crippen LogP contribution in [-0.4, -0.2) is 53.8 Å². The molecule has 1 heterocycles. The summed E-state index contributed by atoms with van der Waals surface area (Å²) in [5, 5.41) is 17.7. The third kappa shape index (κ3) is 7.26. The zero-order valence-electron chi connectivity index (χ0n) is 25.4. The Morgan fingerprint density at radius 2 is 1.98 bits per heavy atom. The summed E-state index contributed by atoms with van der Waals surface area (Å²) in [4.78, 5) is 29.2. The fraction of sp³-hybridized carbons (Fsp3) is 0.500. The fourth-order valence-corrected chi connectivity index (χ4v) is 6.51. The number of carbonyl (C=O) groups excluding carboxylic acids is 2. The van der Waals surface area contributed by atoms with Crippen LogP contribution in [-0.2, 0) is 21.5 Å². The number of aliphatic hydroxyl groups is 1. The summed E-state index contributed by atoms with van der Waals surface area (Å²) in [5.74, 6) is 3.19. The molecule has 2 aliphatic carbocycles. The highest BCUT2D eigenvalue weighted by Gasteiger charge is 2.59.